The van der Waals surface area contributed by atoms with Gasteiger partial charge in [-0.05, 0) is 43.8 Å². The summed E-state index contributed by atoms with van der Waals surface area (Å²) < 4.78 is 0. The first-order chi connectivity index (χ1) is 10.1. The number of likely N-dealkylation sites (tertiary alicyclic amines) is 1. The summed E-state index contributed by atoms with van der Waals surface area (Å²) in [6.07, 6.45) is 4.99. The Morgan fingerprint density at radius 2 is 1.67 bits per heavy atom. The minimum atomic E-state index is 0.0963. The smallest absolute Gasteiger partial charge is 0.166 e. The van der Waals surface area contributed by atoms with E-state index in [0.29, 0.717) is 5.92 Å². The highest BCUT2D eigenvalue weighted by atomic mass is 16.1. The molecule has 2 rings (SSSR count). The Hall–Kier alpha value is -1.15. The number of nitrogens with zero attached hydrogens (tertiary/aromatic N) is 1. The molecule has 0 aromatic heterocycles. The number of benzene rings is 1. The van der Waals surface area contributed by atoms with Crippen LogP contribution in [-0.4, -0.2) is 30.3 Å². The summed E-state index contributed by atoms with van der Waals surface area (Å²) in [5.74, 6) is 1.04. The monoisotopic (exact) mass is 287 g/mol. The number of hydrogen-bond donors (Lipinski definition) is 0. The zero-order valence-corrected chi connectivity index (χ0v) is 13.8. The zero-order chi connectivity index (χ0) is 15.2. The molecule has 1 aromatic rings. The number of ketones is 1. The molecule has 1 fully saturated rings. The van der Waals surface area contributed by atoms with E-state index in [2.05, 4.69) is 37.8 Å². The van der Waals surface area contributed by atoms with Crippen LogP contribution in [0.3, 0.4) is 0 Å². The largest absolute Gasteiger partial charge is 0.303 e. The lowest BCUT2D eigenvalue weighted by Gasteiger charge is -2.28. The van der Waals surface area contributed by atoms with Gasteiger partial charge in [0.25, 0.3) is 0 Å². The van der Waals surface area contributed by atoms with Crippen LogP contribution in [0.15, 0.2) is 24.3 Å². The molecule has 1 saturated heterocycles. The predicted octanol–water partition coefficient (Wildman–Crippen LogP) is 4.19. The molecular weight excluding hydrogens is 258 g/mol. The van der Waals surface area contributed by atoms with Gasteiger partial charge in [-0.2, -0.15) is 0 Å². The molecule has 1 aliphatic heterocycles. The quantitative estimate of drug-likeness (QED) is 0.731. The maximum Gasteiger partial charge on any atom is 0.166 e. The number of carbonyl (C=O) groups excluding carboxylic acids is 1. The van der Waals surface area contributed by atoms with Crippen LogP contribution >= 0.6 is 0 Å². The molecule has 116 valence electrons. The van der Waals surface area contributed by atoms with Crippen LogP contribution in [0, 0.1) is 11.8 Å². The average molecular weight is 287 g/mol. The molecule has 0 N–H and O–H groups in total. The Morgan fingerprint density at radius 1 is 1.05 bits per heavy atom. The van der Waals surface area contributed by atoms with Crippen molar-refractivity contribution in [2.75, 3.05) is 19.6 Å². The molecule has 0 aliphatic carbocycles. The Kier molecular flexibility index (Phi) is 5.98. The molecule has 1 unspecified atom stereocenters. The lowest BCUT2D eigenvalue weighted by Crippen LogP contribution is -2.35. The Morgan fingerprint density at radius 3 is 2.24 bits per heavy atom. The fourth-order valence-electron chi connectivity index (χ4n) is 3.17. The van der Waals surface area contributed by atoms with Crippen molar-refractivity contribution < 1.29 is 4.79 Å². The number of piperidine rings is 1. The Labute approximate surface area is 129 Å². The molecule has 0 saturated carbocycles. The van der Waals surface area contributed by atoms with Gasteiger partial charge in [0.05, 0.1) is 0 Å². The number of hydrogen-bond acceptors (Lipinski definition) is 2. The van der Waals surface area contributed by atoms with E-state index in [-0.39, 0.29) is 11.7 Å². The van der Waals surface area contributed by atoms with E-state index in [9.17, 15) is 4.79 Å². The van der Waals surface area contributed by atoms with Crippen LogP contribution < -0.4 is 0 Å². The predicted molar refractivity (Wildman–Crippen MR) is 88.8 cm³/mol. The first-order valence-corrected chi connectivity index (χ1v) is 8.41. The third-order valence-corrected chi connectivity index (χ3v) is 4.31. The van der Waals surface area contributed by atoms with Crippen LogP contribution in [0.5, 0.6) is 0 Å². The number of rotatable bonds is 6. The molecule has 0 spiro atoms. The molecule has 2 heteroatoms. The topological polar surface area (TPSA) is 20.3 Å². The van der Waals surface area contributed by atoms with Crippen molar-refractivity contribution in [1.82, 2.24) is 4.90 Å². The summed E-state index contributed by atoms with van der Waals surface area (Å²) in [5.41, 5.74) is 2.19. The highest BCUT2D eigenvalue weighted by molar-refractivity contribution is 5.97. The van der Waals surface area contributed by atoms with Crippen LogP contribution in [0.4, 0.5) is 0 Å². The van der Waals surface area contributed by atoms with E-state index in [1.165, 1.54) is 24.8 Å². The van der Waals surface area contributed by atoms with Gasteiger partial charge in [-0.1, -0.05) is 51.5 Å². The van der Waals surface area contributed by atoms with E-state index in [1.807, 2.05) is 12.1 Å². The van der Waals surface area contributed by atoms with Crippen molar-refractivity contribution in [3.63, 3.8) is 0 Å². The van der Waals surface area contributed by atoms with Crippen molar-refractivity contribution in [1.29, 1.82) is 0 Å². The third kappa shape index (κ3) is 4.96. The minimum Gasteiger partial charge on any atom is -0.303 e. The minimum absolute atomic E-state index is 0.0963. The van der Waals surface area contributed by atoms with Crippen LogP contribution in [0.2, 0.25) is 0 Å². The van der Waals surface area contributed by atoms with Crippen LogP contribution in [-0.2, 0) is 6.42 Å². The van der Waals surface area contributed by atoms with E-state index in [4.69, 9.17) is 0 Å². The van der Waals surface area contributed by atoms with Gasteiger partial charge >= 0.3 is 0 Å². The maximum atomic E-state index is 12.5. The van der Waals surface area contributed by atoms with Crippen LogP contribution in [0.25, 0.3) is 0 Å². The molecule has 2 nitrogen and oxygen atoms in total. The van der Waals surface area contributed by atoms with Crippen molar-refractivity contribution in [3.8, 4) is 0 Å². The zero-order valence-electron chi connectivity index (χ0n) is 13.8. The fraction of sp³-hybridized carbons (Fsp3) is 0.632. The second-order valence-corrected chi connectivity index (χ2v) is 6.92. The van der Waals surface area contributed by atoms with E-state index in [0.717, 1.165) is 31.6 Å². The normalized spacial score (nSPS) is 17.9. The number of carbonyl (C=O) groups is 1. The molecule has 21 heavy (non-hydrogen) atoms. The molecule has 0 amide bonds. The average Bonchev–Trinajstić information content (AvgIpc) is 2.47. The van der Waals surface area contributed by atoms with E-state index in [1.54, 1.807) is 0 Å². The summed E-state index contributed by atoms with van der Waals surface area (Å²) in [7, 11) is 0. The van der Waals surface area contributed by atoms with Gasteiger partial charge in [-0.25, -0.2) is 0 Å². The van der Waals surface area contributed by atoms with E-state index < -0.39 is 0 Å². The van der Waals surface area contributed by atoms with Gasteiger partial charge in [0.15, 0.2) is 5.78 Å². The second-order valence-electron chi connectivity index (χ2n) is 6.92. The van der Waals surface area contributed by atoms with Gasteiger partial charge in [0, 0.05) is 18.0 Å². The van der Waals surface area contributed by atoms with Gasteiger partial charge in [0.2, 0.25) is 0 Å². The highest BCUT2D eigenvalue weighted by Crippen LogP contribution is 2.16. The van der Waals surface area contributed by atoms with E-state index >= 15 is 0 Å². The second kappa shape index (κ2) is 7.74. The third-order valence-electron chi connectivity index (χ3n) is 4.31. The summed E-state index contributed by atoms with van der Waals surface area (Å²) >= 11 is 0. The molecule has 1 aliphatic rings. The summed E-state index contributed by atoms with van der Waals surface area (Å²) in [4.78, 5) is 15.0. The molecule has 0 radical (unpaired) electrons. The van der Waals surface area contributed by atoms with Crippen molar-refractivity contribution in [2.45, 2.75) is 46.5 Å². The molecule has 1 atom stereocenters. The highest BCUT2D eigenvalue weighted by Gasteiger charge is 2.19. The van der Waals surface area contributed by atoms with Gasteiger partial charge in [-0.3, -0.25) is 4.79 Å². The summed E-state index contributed by atoms with van der Waals surface area (Å²) in [6, 6.07) is 8.24. The van der Waals surface area contributed by atoms with Crippen LogP contribution in [0.1, 0.15) is 56.0 Å². The lowest BCUT2D eigenvalue weighted by molar-refractivity contribution is 0.0883. The summed E-state index contributed by atoms with van der Waals surface area (Å²) in [5, 5.41) is 0. The molecular formula is C19H29NO. The number of Topliss-reactive ketones (excluding diaryl/α,β-unsaturated/α-hetero) is 1. The summed E-state index contributed by atoms with van der Waals surface area (Å²) in [6.45, 7) is 9.74. The molecule has 0 bridgehead atoms. The molecule has 1 heterocycles. The maximum absolute atomic E-state index is 12.5. The lowest BCUT2D eigenvalue weighted by atomic mass is 9.95. The SMILES string of the molecule is CC(C)Cc1ccc(C(=O)C(C)CN2CCCCC2)cc1. The fourth-order valence-corrected chi connectivity index (χ4v) is 3.17. The first kappa shape index (κ1) is 16.2. The van der Waals surface area contributed by atoms with Crippen molar-refractivity contribution in [3.05, 3.63) is 35.4 Å². The van der Waals surface area contributed by atoms with Crippen molar-refractivity contribution >= 4 is 5.78 Å². The first-order valence-electron chi connectivity index (χ1n) is 8.41. The van der Waals surface area contributed by atoms with Crippen molar-refractivity contribution in [2.24, 2.45) is 11.8 Å². The molecule has 1 aromatic carbocycles. The Bertz CT molecular complexity index is 443. The van der Waals surface area contributed by atoms with Gasteiger partial charge in [0.1, 0.15) is 0 Å². The standard InChI is InChI=1S/C19H29NO/c1-15(2)13-17-7-9-18(10-8-17)19(21)16(3)14-20-11-5-4-6-12-20/h7-10,15-16H,4-6,11-14H2,1-3H3. The van der Waals surface area contributed by atoms with Gasteiger partial charge < -0.3 is 4.90 Å². The van der Waals surface area contributed by atoms with Gasteiger partial charge in [-0.15, -0.1) is 0 Å². The Balaban J connectivity index is 1.91.